The lowest BCUT2D eigenvalue weighted by Crippen LogP contribution is -2.36. The molecule has 0 aliphatic heterocycles. The molecule has 21 heavy (non-hydrogen) atoms. The number of hydrogen-bond donors (Lipinski definition) is 1. The summed E-state index contributed by atoms with van der Waals surface area (Å²) in [5, 5.41) is 3.16. The molecule has 108 valence electrons. The van der Waals surface area contributed by atoms with Crippen LogP contribution in [0.25, 0.3) is 11.1 Å². The van der Waals surface area contributed by atoms with Gasteiger partial charge in [-0.05, 0) is 37.7 Å². The van der Waals surface area contributed by atoms with Crippen LogP contribution in [0.4, 0.5) is 5.69 Å². The topological polar surface area (TPSA) is 46.2 Å². The molecule has 3 rings (SSSR count). The Balaban J connectivity index is 1.69. The van der Waals surface area contributed by atoms with Gasteiger partial charge in [0.15, 0.2) is 0 Å². The van der Waals surface area contributed by atoms with Crippen LogP contribution in [0.1, 0.15) is 32.1 Å². The Kier molecular flexibility index (Phi) is 4.00. The summed E-state index contributed by atoms with van der Waals surface area (Å²) in [7, 11) is 0. The highest BCUT2D eigenvalue weighted by molar-refractivity contribution is 5.81. The van der Waals surface area contributed by atoms with Gasteiger partial charge in [-0.3, -0.25) is 9.59 Å². The van der Waals surface area contributed by atoms with E-state index >= 15 is 0 Å². The van der Waals surface area contributed by atoms with E-state index in [0.29, 0.717) is 11.3 Å². The molecule has 0 unspecified atom stereocenters. The monoisotopic (exact) mass is 281 g/mol. The van der Waals surface area contributed by atoms with Gasteiger partial charge in [0.05, 0.1) is 11.3 Å². The smallest absolute Gasteiger partial charge is 0.250 e. The minimum atomic E-state index is -0.383. The van der Waals surface area contributed by atoms with E-state index < -0.39 is 0 Å². The summed E-state index contributed by atoms with van der Waals surface area (Å²) < 4.78 is 0. The zero-order valence-corrected chi connectivity index (χ0v) is 12.0. The number of allylic oxidation sites excluding steroid dienone is 1. The van der Waals surface area contributed by atoms with Gasteiger partial charge in [-0.2, -0.15) is 0 Å². The molecule has 1 N–H and O–H groups in total. The van der Waals surface area contributed by atoms with Gasteiger partial charge in [-0.1, -0.05) is 42.0 Å². The number of benzene rings is 1. The molecule has 0 atom stereocenters. The van der Waals surface area contributed by atoms with Crippen LogP contribution in [0.5, 0.6) is 0 Å². The standard InChI is InChI=1S/C18H19NO2/c20-17-15(14-9-5-2-6-10-14)16(18(17)21)19-12-11-13-7-3-1-4-8-13/h2,5-7,9-10,19H,1,3-4,8,11-12H2. The fourth-order valence-electron chi connectivity index (χ4n) is 2.92. The summed E-state index contributed by atoms with van der Waals surface area (Å²) in [6.07, 6.45) is 8.15. The molecule has 0 bridgehead atoms. The van der Waals surface area contributed by atoms with Gasteiger partial charge in [0.2, 0.25) is 10.9 Å². The van der Waals surface area contributed by atoms with Gasteiger partial charge < -0.3 is 5.32 Å². The number of anilines is 1. The van der Waals surface area contributed by atoms with E-state index in [0.717, 1.165) is 18.5 Å². The predicted octanol–water partition coefficient (Wildman–Crippen LogP) is 3.25. The highest BCUT2D eigenvalue weighted by Gasteiger charge is 2.21. The van der Waals surface area contributed by atoms with Gasteiger partial charge in [0.1, 0.15) is 0 Å². The summed E-state index contributed by atoms with van der Waals surface area (Å²) in [5.41, 5.74) is 2.56. The Morgan fingerprint density at radius 3 is 2.52 bits per heavy atom. The van der Waals surface area contributed by atoms with Crippen LogP contribution >= 0.6 is 0 Å². The molecular formula is C18H19NO2. The van der Waals surface area contributed by atoms with E-state index in [4.69, 9.17) is 0 Å². The second-order valence-corrected chi connectivity index (χ2v) is 5.56. The SMILES string of the molecule is O=c1c(NCCC2=CCCCC2)c(-c2ccccc2)c1=O. The normalized spacial score (nSPS) is 15.0. The summed E-state index contributed by atoms with van der Waals surface area (Å²) in [4.78, 5) is 23.5. The summed E-state index contributed by atoms with van der Waals surface area (Å²) in [5.74, 6) is 0. The third-order valence-electron chi connectivity index (χ3n) is 4.11. The van der Waals surface area contributed by atoms with Crippen molar-refractivity contribution < 1.29 is 0 Å². The van der Waals surface area contributed by atoms with Crippen molar-refractivity contribution >= 4 is 5.69 Å². The summed E-state index contributed by atoms with van der Waals surface area (Å²) in [6.45, 7) is 0.719. The lowest BCUT2D eigenvalue weighted by atomic mass is 9.96. The van der Waals surface area contributed by atoms with Crippen LogP contribution in [0, 0.1) is 0 Å². The minimum Gasteiger partial charge on any atom is -0.381 e. The average Bonchev–Trinajstić information content (AvgIpc) is 2.55. The molecule has 3 nitrogen and oxygen atoms in total. The highest BCUT2D eigenvalue weighted by Crippen LogP contribution is 2.24. The number of rotatable bonds is 5. The lowest BCUT2D eigenvalue weighted by Gasteiger charge is -2.16. The van der Waals surface area contributed by atoms with Crippen molar-refractivity contribution in [1.29, 1.82) is 0 Å². The molecule has 2 aromatic carbocycles. The van der Waals surface area contributed by atoms with Crippen LogP contribution < -0.4 is 16.2 Å². The molecule has 3 heteroatoms. The third-order valence-corrected chi connectivity index (χ3v) is 4.11. The maximum absolute atomic E-state index is 11.8. The first-order valence-corrected chi connectivity index (χ1v) is 7.58. The van der Waals surface area contributed by atoms with Crippen molar-refractivity contribution in [3.8, 4) is 11.1 Å². The van der Waals surface area contributed by atoms with Gasteiger partial charge in [-0.25, -0.2) is 0 Å². The molecule has 1 aliphatic carbocycles. The maximum atomic E-state index is 11.8. The zero-order chi connectivity index (χ0) is 14.7. The van der Waals surface area contributed by atoms with Crippen molar-refractivity contribution in [3.05, 3.63) is 62.4 Å². The highest BCUT2D eigenvalue weighted by atomic mass is 16.2. The third kappa shape index (κ3) is 2.82. The van der Waals surface area contributed by atoms with Crippen molar-refractivity contribution in [2.24, 2.45) is 0 Å². The minimum absolute atomic E-state index is 0.374. The first kappa shape index (κ1) is 13.8. The Labute approximate surface area is 124 Å². The van der Waals surface area contributed by atoms with E-state index in [-0.39, 0.29) is 10.9 Å². The second kappa shape index (κ2) is 6.08. The molecule has 0 radical (unpaired) electrons. The van der Waals surface area contributed by atoms with Crippen LogP contribution in [-0.4, -0.2) is 6.54 Å². The predicted molar refractivity (Wildman–Crippen MR) is 86.4 cm³/mol. The molecule has 0 fully saturated rings. The molecule has 2 aromatic rings. The maximum Gasteiger partial charge on any atom is 0.250 e. The molecule has 0 saturated heterocycles. The Morgan fingerprint density at radius 1 is 1.00 bits per heavy atom. The summed E-state index contributed by atoms with van der Waals surface area (Å²) in [6, 6.07) is 9.39. The average molecular weight is 281 g/mol. The van der Waals surface area contributed by atoms with Crippen molar-refractivity contribution in [1.82, 2.24) is 0 Å². The van der Waals surface area contributed by atoms with Crippen molar-refractivity contribution in [2.75, 3.05) is 11.9 Å². The Morgan fingerprint density at radius 2 is 1.81 bits per heavy atom. The van der Waals surface area contributed by atoms with E-state index in [1.807, 2.05) is 30.3 Å². The molecular weight excluding hydrogens is 262 g/mol. The van der Waals surface area contributed by atoms with Crippen molar-refractivity contribution in [2.45, 2.75) is 32.1 Å². The molecule has 0 saturated carbocycles. The molecule has 0 aromatic heterocycles. The van der Waals surface area contributed by atoms with Crippen molar-refractivity contribution in [3.63, 3.8) is 0 Å². The fraction of sp³-hybridized carbons (Fsp3) is 0.333. The quantitative estimate of drug-likeness (QED) is 0.676. The van der Waals surface area contributed by atoms with E-state index in [2.05, 4.69) is 11.4 Å². The largest absolute Gasteiger partial charge is 0.381 e. The van der Waals surface area contributed by atoms with Crippen LogP contribution in [0.15, 0.2) is 51.6 Å². The van der Waals surface area contributed by atoms with E-state index in [1.54, 1.807) is 0 Å². The first-order chi connectivity index (χ1) is 10.3. The molecule has 0 spiro atoms. The first-order valence-electron chi connectivity index (χ1n) is 7.58. The Bertz CT molecular complexity index is 721. The molecule has 1 aliphatic rings. The molecule has 0 amide bonds. The van der Waals surface area contributed by atoms with Crippen LogP contribution in [-0.2, 0) is 0 Å². The summed E-state index contributed by atoms with van der Waals surface area (Å²) >= 11 is 0. The van der Waals surface area contributed by atoms with E-state index in [9.17, 15) is 9.59 Å². The van der Waals surface area contributed by atoms with E-state index in [1.165, 1.54) is 31.3 Å². The number of nitrogens with one attached hydrogen (secondary N) is 1. The molecule has 0 heterocycles. The van der Waals surface area contributed by atoms with Crippen LogP contribution in [0.2, 0.25) is 0 Å². The Hall–Kier alpha value is -2.16. The second-order valence-electron chi connectivity index (χ2n) is 5.56. The zero-order valence-electron chi connectivity index (χ0n) is 12.0. The van der Waals surface area contributed by atoms with Gasteiger partial charge >= 0.3 is 0 Å². The number of hydrogen-bond acceptors (Lipinski definition) is 3. The van der Waals surface area contributed by atoms with Crippen LogP contribution in [0.3, 0.4) is 0 Å². The van der Waals surface area contributed by atoms with Gasteiger partial charge in [0.25, 0.3) is 0 Å². The van der Waals surface area contributed by atoms with Gasteiger partial charge in [0, 0.05) is 6.54 Å². The fourth-order valence-corrected chi connectivity index (χ4v) is 2.92. The van der Waals surface area contributed by atoms with Gasteiger partial charge in [-0.15, -0.1) is 0 Å². The lowest BCUT2D eigenvalue weighted by molar-refractivity contribution is 0.679.